The smallest absolute Gasteiger partial charge is 0.146 e. The van der Waals surface area contributed by atoms with Crippen LogP contribution in [-0.2, 0) is 13.1 Å². The van der Waals surface area contributed by atoms with Crippen LogP contribution in [0.3, 0.4) is 0 Å². The maximum Gasteiger partial charge on any atom is 0.146 e. The summed E-state index contributed by atoms with van der Waals surface area (Å²) in [6.07, 6.45) is 1.74. The van der Waals surface area contributed by atoms with E-state index in [0.29, 0.717) is 10.0 Å². The van der Waals surface area contributed by atoms with Gasteiger partial charge in [0.2, 0.25) is 0 Å². The fourth-order valence-corrected chi connectivity index (χ4v) is 2.48. The van der Waals surface area contributed by atoms with E-state index in [1.54, 1.807) is 18.3 Å². The molecule has 1 N–H and O–H groups in total. The van der Waals surface area contributed by atoms with Crippen LogP contribution >= 0.6 is 15.9 Å². The van der Waals surface area contributed by atoms with Crippen LogP contribution in [0.5, 0.6) is 0 Å². The van der Waals surface area contributed by atoms with Crippen molar-refractivity contribution in [1.29, 1.82) is 0 Å². The normalized spacial score (nSPS) is 14.7. The lowest BCUT2D eigenvalue weighted by molar-refractivity contribution is 0.507. The average molecular weight is 296 g/mol. The molecule has 0 aliphatic carbocycles. The molecule has 1 aliphatic heterocycles. The second-order valence-corrected chi connectivity index (χ2v) is 4.84. The van der Waals surface area contributed by atoms with Crippen molar-refractivity contribution >= 4 is 15.9 Å². The highest BCUT2D eigenvalue weighted by Gasteiger charge is 2.17. The minimum absolute atomic E-state index is 0.228. The van der Waals surface area contributed by atoms with E-state index in [0.717, 1.165) is 31.2 Å². The molecule has 1 aromatic heterocycles. The maximum atomic E-state index is 14.0. The van der Waals surface area contributed by atoms with Gasteiger partial charge in [-0.15, -0.1) is 0 Å². The first-order valence-electron chi connectivity index (χ1n) is 5.47. The highest BCUT2D eigenvalue weighted by Crippen LogP contribution is 2.28. The molecule has 0 radical (unpaired) electrons. The van der Waals surface area contributed by atoms with Gasteiger partial charge in [-0.1, -0.05) is 6.07 Å². The van der Waals surface area contributed by atoms with E-state index < -0.39 is 0 Å². The Labute approximate surface area is 107 Å². The zero-order valence-electron chi connectivity index (χ0n) is 9.08. The van der Waals surface area contributed by atoms with Crippen molar-refractivity contribution in [3.8, 4) is 11.3 Å². The molecule has 0 saturated carbocycles. The molecular formula is C12H11BrFN3. The summed E-state index contributed by atoms with van der Waals surface area (Å²) < 4.78 is 16.6. The minimum atomic E-state index is -0.228. The van der Waals surface area contributed by atoms with Crippen LogP contribution in [0, 0.1) is 5.82 Å². The first kappa shape index (κ1) is 10.9. The predicted molar refractivity (Wildman–Crippen MR) is 67.0 cm³/mol. The van der Waals surface area contributed by atoms with E-state index in [1.165, 1.54) is 0 Å². The monoisotopic (exact) mass is 295 g/mol. The van der Waals surface area contributed by atoms with Crippen molar-refractivity contribution in [1.82, 2.24) is 14.9 Å². The van der Waals surface area contributed by atoms with Gasteiger partial charge in [-0.2, -0.15) is 0 Å². The highest BCUT2D eigenvalue weighted by molar-refractivity contribution is 9.10. The van der Waals surface area contributed by atoms with Crippen molar-refractivity contribution in [2.24, 2.45) is 0 Å². The SMILES string of the molecule is Fc1c(Br)cccc1-c1cnc2n1CCNC2. The van der Waals surface area contributed by atoms with Crippen LogP contribution in [0.25, 0.3) is 11.3 Å². The molecule has 0 spiro atoms. The number of aromatic nitrogens is 2. The topological polar surface area (TPSA) is 29.9 Å². The Balaban J connectivity index is 2.15. The minimum Gasteiger partial charge on any atom is -0.326 e. The molecule has 0 amide bonds. The number of fused-ring (bicyclic) bond motifs is 1. The van der Waals surface area contributed by atoms with Crippen molar-refractivity contribution in [3.63, 3.8) is 0 Å². The highest BCUT2D eigenvalue weighted by atomic mass is 79.9. The summed E-state index contributed by atoms with van der Waals surface area (Å²) >= 11 is 3.21. The van der Waals surface area contributed by atoms with Gasteiger partial charge in [-0.3, -0.25) is 0 Å². The van der Waals surface area contributed by atoms with Crippen molar-refractivity contribution < 1.29 is 4.39 Å². The Morgan fingerprint density at radius 1 is 1.41 bits per heavy atom. The summed E-state index contributed by atoms with van der Waals surface area (Å²) in [6, 6.07) is 5.32. The Bertz CT molecular complexity index is 565. The second kappa shape index (κ2) is 4.23. The molecule has 0 fully saturated rings. The van der Waals surface area contributed by atoms with Gasteiger partial charge in [-0.25, -0.2) is 9.37 Å². The van der Waals surface area contributed by atoms with Crippen molar-refractivity contribution in [3.05, 3.63) is 40.5 Å². The molecule has 88 valence electrons. The van der Waals surface area contributed by atoms with E-state index >= 15 is 0 Å². The number of benzene rings is 1. The first-order chi connectivity index (χ1) is 8.27. The second-order valence-electron chi connectivity index (χ2n) is 3.99. The van der Waals surface area contributed by atoms with E-state index in [4.69, 9.17) is 0 Å². The van der Waals surface area contributed by atoms with Crippen molar-refractivity contribution in [2.45, 2.75) is 13.1 Å². The molecule has 3 nitrogen and oxygen atoms in total. The van der Waals surface area contributed by atoms with Gasteiger partial charge in [0, 0.05) is 18.7 Å². The zero-order chi connectivity index (χ0) is 11.8. The maximum absolute atomic E-state index is 14.0. The van der Waals surface area contributed by atoms with Gasteiger partial charge in [0.25, 0.3) is 0 Å². The Kier molecular flexibility index (Phi) is 2.72. The first-order valence-corrected chi connectivity index (χ1v) is 6.26. The summed E-state index contributed by atoms with van der Waals surface area (Å²) in [5.74, 6) is 0.736. The number of halogens is 2. The van der Waals surface area contributed by atoms with E-state index in [2.05, 4.69) is 30.8 Å². The van der Waals surface area contributed by atoms with Gasteiger partial charge in [0.05, 0.1) is 22.9 Å². The van der Waals surface area contributed by atoms with Gasteiger partial charge >= 0.3 is 0 Å². The summed E-state index contributed by atoms with van der Waals surface area (Å²) in [5.41, 5.74) is 1.44. The Morgan fingerprint density at radius 2 is 2.29 bits per heavy atom. The lowest BCUT2D eigenvalue weighted by atomic mass is 10.1. The Morgan fingerprint density at radius 3 is 3.18 bits per heavy atom. The van der Waals surface area contributed by atoms with E-state index in [9.17, 15) is 4.39 Å². The molecule has 0 bridgehead atoms. The number of hydrogen-bond acceptors (Lipinski definition) is 2. The molecule has 0 unspecified atom stereocenters. The molecule has 17 heavy (non-hydrogen) atoms. The van der Waals surface area contributed by atoms with Crippen LogP contribution in [0.15, 0.2) is 28.9 Å². The zero-order valence-corrected chi connectivity index (χ0v) is 10.7. The molecule has 5 heteroatoms. The molecule has 2 aromatic rings. The standard InChI is InChI=1S/C12H11BrFN3/c13-9-3-1-2-8(12(9)14)10-6-16-11-7-15-4-5-17(10)11/h1-3,6,15H,4-5,7H2. The van der Waals surface area contributed by atoms with E-state index in [1.807, 2.05) is 6.07 Å². The van der Waals surface area contributed by atoms with Crippen molar-refractivity contribution in [2.75, 3.05) is 6.54 Å². The van der Waals surface area contributed by atoms with E-state index in [-0.39, 0.29) is 5.82 Å². The molecule has 2 heterocycles. The quantitative estimate of drug-likeness (QED) is 0.876. The number of rotatable bonds is 1. The molecular weight excluding hydrogens is 285 g/mol. The van der Waals surface area contributed by atoms with Crippen LogP contribution in [0.4, 0.5) is 4.39 Å². The lowest BCUT2D eigenvalue weighted by Crippen LogP contribution is -2.28. The van der Waals surface area contributed by atoms with Gasteiger partial charge in [0.15, 0.2) is 0 Å². The lowest BCUT2D eigenvalue weighted by Gasteiger charge is -2.17. The third-order valence-electron chi connectivity index (χ3n) is 2.96. The fourth-order valence-electron chi connectivity index (χ4n) is 2.11. The third-order valence-corrected chi connectivity index (χ3v) is 3.57. The number of nitrogens with zero attached hydrogens (tertiary/aromatic N) is 2. The summed E-state index contributed by atoms with van der Waals surface area (Å²) in [5, 5.41) is 3.25. The van der Waals surface area contributed by atoms with Crippen LogP contribution < -0.4 is 5.32 Å². The summed E-state index contributed by atoms with van der Waals surface area (Å²) in [6.45, 7) is 2.47. The number of hydrogen-bond donors (Lipinski definition) is 1. The van der Waals surface area contributed by atoms with Crippen LogP contribution in [0.1, 0.15) is 5.82 Å². The Hall–Kier alpha value is -1.20. The third kappa shape index (κ3) is 1.79. The summed E-state index contributed by atoms with van der Waals surface area (Å²) in [7, 11) is 0. The largest absolute Gasteiger partial charge is 0.326 e. The molecule has 0 saturated heterocycles. The van der Waals surface area contributed by atoms with Gasteiger partial charge in [0.1, 0.15) is 11.6 Å². The fraction of sp³-hybridized carbons (Fsp3) is 0.250. The molecule has 1 aliphatic rings. The van der Waals surface area contributed by atoms with Gasteiger partial charge < -0.3 is 9.88 Å². The predicted octanol–water partition coefficient (Wildman–Crippen LogP) is 2.55. The summed E-state index contributed by atoms with van der Waals surface area (Å²) in [4.78, 5) is 4.32. The van der Waals surface area contributed by atoms with Gasteiger partial charge in [-0.05, 0) is 28.1 Å². The number of imidazole rings is 1. The molecule has 1 aromatic carbocycles. The number of nitrogens with one attached hydrogen (secondary N) is 1. The average Bonchev–Trinajstić information content (AvgIpc) is 2.77. The molecule has 3 rings (SSSR count). The van der Waals surface area contributed by atoms with Crippen LogP contribution in [-0.4, -0.2) is 16.1 Å². The van der Waals surface area contributed by atoms with Crippen LogP contribution in [0.2, 0.25) is 0 Å². The molecule has 0 atom stereocenters.